The summed E-state index contributed by atoms with van der Waals surface area (Å²) in [6.45, 7) is 7.87. The van der Waals surface area contributed by atoms with Crippen molar-refractivity contribution in [1.82, 2.24) is 15.2 Å². The monoisotopic (exact) mass is 247 g/mol. The maximum atomic E-state index is 12.5. The predicted molar refractivity (Wildman–Crippen MR) is 71.5 cm³/mol. The van der Waals surface area contributed by atoms with E-state index in [0.717, 1.165) is 31.7 Å². The van der Waals surface area contributed by atoms with E-state index in [-0.39, 0.29) is 11.3 Å². The van der Waals surface area contributed by atoms with E-state index in [1.165, 1.54) is 0 Å². The Kier molecular flexibility index (Phi) is 4.09. The van der Waals surface area contributed by atoms with E-state index in [1.807, 2.05) is 26.0 Å². The quantitative estimate of drug-likeness (QED) is 0.858. The highest BCUT2D eigenvalue weighted by Crippen LogP contribution is 2.18. The number of hydrogen-bond acceptors (Lipinski definition) is 4. The van der Waals surface area contributed by atoms with Gasteiger partial charge in [-0.25, -0.2) is 0 Å². The smallest absolute Gasteiger partial charge is 0.156 e. The standard InChI is InChI=1S/C14H21N3O/c1-14(2,17-9-7-16-8-10-17)13(18)11-12-3-5-15-6-4-12/h3-6,16H,7-11H2,1-2H3. The summed E-state index contributed by atoms with van der Waals surface area (Å²) < 4.78 is 0. The molecule has 1 N–H and O–H groups in total. The summed E-state index contributed by atoms with van der Waals surface area (Å²) in [6, 6.07) is 3.82. The van der Waals surface area contributed by atoms with Crippen LogP contribution in [0.3, 0.4) is 0 Å². The van der Waals surface area contributed by atoms with E-state index in [1.54, 1.807) is 12.4 Å². The molecule has 4 heteroatoms. The second-order valence-corrected chi connectivity index (χ2v) is 5.25. The molecule has 1 aromatic heterocycles. The minimum absolute atomic E-state index is 0.274. The summed E-state index contributed by atoms with van der Waals surface area (Å²) in [5.41, 5.74) is 0.656. The molecule has 98 valence electrons. The van der Waals surface area contributed by atoms with Crippen LogP contribution < -0.4 is 5.32 Å². The Labute approximate surface area is 108 Å². The van der Waals surface area contributed by atoms with Crippen LogP contribution in [0, 0.1) is 0 Å². The lowest BCUT2D eigenvalue weighted by molar-refractivity contribution is -0.129. The van der Waals surface area contributed by atoms with Gasteiger partial charge in [0.2, 0.25) is 0 Å². The number of piperazine rings is 1. The third-order valence-corrected chi connectivity index (χ3v) is 3.70. The Hall–Kier alpha value is -1.26. The normalized spacial score (nSPS) is 17.7. The minimum atomic E-state index is -0.384. The number of carbonyl (C=O) groups is 1. The van der Waals surface area contributed by atoms with Crippen molar-refractivity contribution in [3.8, 4) is 0 Å². The van der Waals surface area contributed by atoms with Crippen molar-refractivity contribution in [2.24, 2.45) is 0 Å². The zero-order valence-corrected chi connectivity index (χ0v) is 11.1. The summed E-state index contributed by atoms with van der Waals surface area (Å²) in [5.74, 6) is 0.274. The van der Waals surface area contributed by atoms with Gasteiger partial charge in [0.05, 0.1) is 5.54 Å². The van der Waals surface area contributed by atoms with Gasteiger partial charge in [0.15, 0.2) is 5.78 Å². The average Bonchev–Trinajstić information content (AvgIpc) is 2.41. The largest absolute Gasteiger partial charge is 0.314 e. The van der Waals surface area contributed by atoms with Gasteiger partial charge >= 0.3 is 0 Å². The summed E-state index contributed by atoms with van der Waals surface area (Å²) in [6.07, 6.45) is 3.96. The van der Waals surface area contributed by atoms with Crippen molar-refractivity contribution < 1.29 is 4.79 Å². The summed E-state index contributed by atoms with van der Waals surface area (Å²) >= 11 is 0. The number of nitrogens with zero attached hydrogens (tertiary/aromatic N) is 2. The molecule has 0 aliphatic carbocycles. The van der Waals surface area contributed by atoms with Gasteiger partial charge < -0.3 is 5.32 Å². The molecule has 0 bridgehead atoms. The SMILES string of the molecule is CC(C)(C(=O)Cc1ccncc1)N1CCNCC1. The zero-order chi connectivity index (χ0) is 13.0. The Morgan fingerprint density at radius 3 is 2.56 bits per heavy atom. The molecule has 1 aromatic rings. The predicted octanol–water partition coefficient (Wildman–Crippen LogP) is 0.877. The first-order valence-corrected chi connectivity index (χ1v) is 6.48. The number of rotatable bonds is 4. The van der Waals surface area contributed by atoms with Gasteiger partial charge in [0.1, 0.15) is 0 Å². The molecule has 4 nitrogen and oxygen atoms in total. The first kappa shape index (κ1) is 13.2. The maximum absolute atomic E-state index is 12.5. The van der Waals surface area contributed by atoms with Crippen molar-refractivity contribution in [3.05, 3.63) is 30.1 Å². The summed E-state index contributed by atoms with van der Waals surface area (Å²) in [4.78, 5) is 18.7. The van der Waals surface area contributed by atoms with E-state index < -0.39 is 0 Å². The number of pyridine rings is 1. The third-order valence-electron chi connectivity index (χ3n) is 3.70. The number of carbonyl (C=O) groups excluding carboxylic acids is 1. The number of Topliss-reactive ketones (excluding diaryl/α,β-unsaturated/α-hetero) is 1. The molecule has 2 rings (SSSR count). The van der Waals surface area contributed by atoms with Gasteiger partial charge in [0, 0.05) is 45.0 Å². The number of ketones is 1. The summed E-state index contributed by atoms with van der Waals surface area (Å²) in [5, 5.41) is 3.31. The van der Waals surface area contributed by atoms with Crippen LogP contribution in [0.15, 0.2) is 24.5 Å². The van der Waals surface area contributed by atoms with E-state index in [4.69, 9.17) is 0 Å². The number of hydrogen-bond donors (Lipinski definition) is 1. The van der Waals surface area contributed by atoms with Crippen LogP contribution in [-0.4, -0.2) is 47.4 Å². The molecular weight excluding hydrogens is 226 g/mol. The van der Waals surface area contributed by atoms with E-state index in [0.29, 0.717) is 6.42 Å². The molecule has 1 saturated heterocycles. The minimum Gasteiger partial charge on any atom is -0.314 e. The van der Waals surface area contributed by atoms with Crippen molar-refractivity contribution in [2.45, 2.75) is 25.8 Å². The van der Waals surface area contributed by atoms with Crippen LogP contribution in [0.1, 0.15) is 19.4 Å². The van der Waals surface area contributed by atoms with Crippen molar-refractivity contribution in [2.75, 3.05) is 26.2 Å². The number of aromatic nitrogens is 1. The molecule has 2 heterocycles. The second kappa shape index (κ2) is 5.59. The molecule has 0 atom stereocenters. The fraction of sp³-hybridized carbons (Fsp3) is 0.571. The highest BCUT2D eigenvalue weighted by atomic mass is 16.1. The molecule has 1 aliphatic rings. The lowest BCUT2D eigenvalue weighted by Crippen LogP contribution is -2.57. The van der Waals surface area contributed by atoms with Gasteiger partial charge in [-0.2, -0.15) is 0 Å². The molecular formula is C14H21N3O. The van der Waals surface area contributed by atoms with Crippen LogP contribution in [-0.2, 0) is 11.2 Å². The summed E-state index contributed by atoms with van der Waals surface area (Å²) in [7, 11) is 0. The molecule has 0 amide bonds. The molecule has 18 heavy (non-hydrogen) atoms. The number of nitrogens with one attached hydrogen (secondary N) is 1. The fourth-order valence-electron chi connectivity index (χ4n) is 2.30. The van der Waals surface area contributed by atoms with Crippen LogP contribution >= 0.6 is 0 Å². The maximum Gasteiger partial charge on any atom is 0.156 e. The lowest BCUT2D eigenvalue weighted by atomic mass is 9.91. The molecule has 1 aliphatic heterocycles. The Morgan fingerprint density at radius 1 is 1.33 bits per heavy atom. The van der Waals surface area contributed by atoms with Crippen LogP contribution in [0.2, 0.25) is 0 Å². The Bertz CT molecular complexity index is 397. The van der Waals surface area contributed by atoms with Gasteiger partial charge in [-0.15, -0.1) is 0 Å². The van der Waals surface area contributed by atoms with Gasteiger partial charge in [0.25, 0.3) is 0 Å². The first-order valence-electron chi connectivity index (χ1n) is 6.48. The molecule has 1 fully saturated rings. The Balaban J connectivity index is 2.02. The van der Waals surface area contributed by atoms with Crippen molar-refractivity contribution in [3.63, 3.8) is 0 Å². The van der Waals surface area contributed by atoms with Crippen molar-refractivity contribution >= 4 is 5.78 Å². The molecule has 0 radical (unpaired) electrons. The third kappa shape index (κ3) is 2.94. The molecule has 0 aromatic carbocycles. The van der Waals surface area contributed by atoms with Crippen molar-refractivity contribution in [1.29, 1.82) is 0 Å². The average molecular weight is 247 g/mol. The van der Waals surface area contributed by atoms with E-state index in [9.17, 15) is 4.79 Å². The molecule has 0 unspecified atom stereocenters. The lowest BCUT2D eigenvalue weighted by Gasteiger charge is -2.40. The zero-order valence-electron chi connectivity index (χ0n) is 11.1. The Morgan fingerprint density at radius 2 is 1.94 bits per heavy atom. The first-order chi connectivity index (χ1) is 8.60. The van der Waals surface area contributed by atoms with E-state index >= 15 is 0 Å². The van der Waals surface area contributed by atoms with E-state index in [2.05, 4.69) is 15.2 Å². The topological polar surface area (TPSA) is 45.2 Å². The van der Waals surface area contributed by atoms with Crippen LogP contribution in [0.25, 0.3) is 0 Å². The van der Waals surface area contributed by atoms with Crippen LogP contribution in [0.5, 0.6) is 0 Å². The van der Waals surface area contributed by atoms with Gasteiger partial charge in [-0.1, -0.05) is 0 Å². The van der Waals surface area contributed by atoms with Gasteiger partial charge in [-0.05, 0) is 31.5 Å². The highest BCUT2D eigenvalue weighted by molar-refractivity contribution is 5.89. The van der Waals surface area contributed by atoms with Gasteiger partial charge in [-0.3, -0.25) is 14.7 Å². The molecule has 0 spiro atoms. The fourth-order valence-corrected chi connectivity index (χ4v) is 2.30. The second-order valence-electron chi connectivity index (χ2n) is 5.25. The highest BCUT2D eigenvalue weighted by Gasteiger charge is 2.34. The van der Waals surface area contributed by atoms with Crippen LogP contribution in [0.4, 0.5) is 0 Å². The molecule has 0 saturated carbocycles.